The standard InChI is InChI=1S/C13H17NO6S2/c1-18-9-4-5-10(19-2)11(8-9)22(16,17)14-6-7-21-12(14)13(15)20-3/h4-5,8,12H,6-7H2,1-3H3. The van der Waals surface area contributed by atoms with Gasteiger partial charge in [-0.25, -0.2) is 13.2 Å². The van der Waals surface area contributed by atoms with Crippen molar-refractivity contribution in [3.63, 3.8) is 0 Å². The maximum absolute atomic E-state index is 12.9. The molecule has 1 aromatic rings. The van der Waals surface area contributed by atoms with E-state index in [2.05, 4.69) is 4.74 Å². The van der Waals surface area contributed by atoms with Gasteiger partial charge in [0.25, 0.3) is 0 Å². The minimum atomic E-state index is -3.91. The van der Waals surface area contributed by atoms with E-state index in [0.717, 1.165) is 4.31 Å². The lowest BCUT2D eigenvalue weighted by atomic mass is 10.3. The number of esters is 1. The Kier molecular flexibility index (Phi) is 5.20. The number of methoxy groups -OCH3 is 3. The van der Waals surface area contributed by atoms with E-state index in [1.807, 2.05) is 0 Å². The van der Waals surface area contributed by atoms with Crippen molar-refractivity contribution in [1.82, 2.24) is 4.31 Å². The first-order chi connectivity index (χ1) is 10.5. The van der Waals surface area contributed by atoms with Gasteiger partial charge in [-0.2, -0.15) is 4.31 Å². The van der Waals surface area contributed by atoms with Gasteiger partial charge in [-0.1, -0.05) is 0 Å². The zero-order valence-corrected chi connectivity index (χ0v) is 14.1. The van der Waals surface area contributed by atoms with Crippen LogP contribution in [0.4, 0.5) is 0 Å². The first-order valence-electron chi connectivity index (χ1n) is 6.39. The van der Waals surface area contributed by atoms with E-state index >= 15 is 0 Å². The van der Waals surface area contributed by atoms with Crippen LogP contribution in [-0.4, -0.2) is 57.7 Å². The van der Waals surface area contributed by atoms with Crippen molar-refractivity contribution in [2.45, 2.75) is 10.3 Å². The third-order valence-electron chi connectivity index (χ3n) is 3.21. The first kappa shape index (κ1) is 16.9. The highest BCUT2D eigenvalue weighted by atomic mass is 32.2. The molecular weight excluding hydrogens is 330 g/mol. The number of thioether (sulfide) groups is 1. The van der Waals surface area contributed by atoms with Gasteiger partial charge < -0.3 is 14.2 Å². The summed E-state index contributed by atoms with van der Waals surface area (Å²) in [5.74, 6) is 0.515. The van der Waals surface area contributed by atoms with Crippen molar-refractivity contribution in [2.75, 3.05) is 33.6 Å². The highest BCUT2D eigenvalue weighted by Crippen LogP contribution is 2.36. The fourth-order valence-corrected chi connectivity index (χ4v) is 5.36. The zero-order valence-electron chi connectivity index (χ0n) is 12.4. The molecule has 0 spiro atoms. The van der Waals surface area contributed by atoms with Crippen LogP contribution in [0.1, 0.15) is 0 Å². The van der Waals surface area contributed by atoms with Gasteiger partial charge in [-0.05, 0) is 12.1 Å². The van der Waals surface area contributed by atoms with Crippen molar-refractivity contribution in [2.24, 2.45) is 0 Å². The molecule has 122 valence electrons. The van der Waals surface area contributed by atoms with Crippen LogP contribution in [-0.2, 0) is 19.6 Å². The fraction of sp³-hybridized carbons (Fsp3) is 0.462. The van der Waals surface area contributed by atoms with Crippen LogP contribution in [0.25, 0.3) is 0 Å². The molecule has 2 rings (SSSR count). The minimum absolute atomic E-state index is 0.0363. The molecule has 1 heterocycles. The van der Waals surface area contributed by atoms with Crippen LogP contribution in [0, 0.1) is 0 Å². The van der Waals surface area contributed by atoms with Gasteiger partial charge in [-0.3, -0.25) is 0 Å². The first-order valence-corrected chi connectivity index (χ1v) is 8.88. The number of ether oxygens (including phenoxy) is 3. The molecule has 0 saturated carbocycles. The lowest BCUT2D eigenvalue weighted by molar-refractivity contribution is -0.141. The Hall–Kier alpha value is -1.45. The summed E-state index contributed by atoms with van der Waals surface area (Å²) < 4.78 is 41.8. The molecule has 1 unspecified atom stereocenters. The van der Waals surface area contributed by atoms with Gasteiger partial charge in [0.1, 0.15) is 16.4 Å². The van der Waals surface area contributed by atoms with Gasteiger partial charge in [-0.15, -0.1) is 11.8 Å². The number of benzene rings is 1. The van der Waals surface area contributed by atoms with Crippen LogP contribution in [0.3, 0.4) is 0 Å². The molecule has 0 radical (unpaired) electrons. The van der Waals surface area contributed by atoms with Crippen molar-refractivity contribution in [1.29, 1.82) is 0 Å². The summed E-state index contributed by atoms with van der Waals surface area (Å²) in [6, 6.07) is 4.50. The summed E-state index contributed by atoms with van der Waals surface area (Å²) in [7, 11) is 0.154. The van der Waals surface area contributed by atoms with Gasteiger partial charge in [0.15, 0.2) is 5.37 Å². The molecule has 1 aromatic carbocycles. The Balaban J connectivity index is 2.48. The summed E-state index contributed by atoms with van der Waals surface area (Å²) in [5.41, 5.74) is 0. The van der Waals surface area contributed by atoms with Crippen molar-refractivity contribution >= 4 is 27.8 Å². The van der Waals surface area contributed by atoms with E-state index in [1.54, 1.807) is 6.07 Å². The Morgan fingerprint density at radius 1 is 1.27 bits per heavy atom. The molecule has 0 aliphatic carbocycles. The smallest absolute Gasteiger partial charge is 0.334 e. The van der Waals surface area contributed by atoms with Gasteiger partial charge >= 0.3 is 5.97 Å². The average molecular weight is 347 g/mol. The van der Waals surface area contributed by atoms with Crippen molar-refractivity contribution < 1.29 is 27.4 Å². The topological polar surface area (TPSA) is 82.1 Å². The van der Waals surface area contributed by atoms with E-state index in [1.165, 1.54) is 45.2 Å². The monoisotopic (exact) mass is 347 g/mol. The van der Waals surface area contributed by atoms with Crippen LogP contribution >= 0.6 is 11.8 Å². The van der Waals surface area contributed by atoms with Crippen LogP contribution in [0.5, 0.6) is 11.5 Å². The predicted molar refractivity (Wildman–Crippen MR) is 81.7 cm³/mol. The second kappa shape index (κ2) is 6.76. The molecule has 1 saturated heterocycles. The fourth-order valence-electron chi connectivity index (χ4n) is 2.10. The summed E-state index contributed by atoms with van der Waals surface area (Å²) in [5, 5.41) is -0.883. The molecule has 1 atom stereocenters. The summed E-state index contributed by atoms with van der Waals surface area (Å²) >= 11 is 1.23. The van der Waals surface area contributed by atoms with Crippen molar-refractivity contribution in [3.8, 4) is 11.5 Å². The number of carbonyl (C=O) groups excluding carboxylic acids is 1. The van der Waals surface area contributed by atoms with Gasteiger partial charge in [0.2, 0.25) is 10.0 Å². The van der Waals surface area contributed by atoms with Crippen LogP contribution in [0.2, 0.25) is 0 Å². The number of nitrogens with zero attached hydrogens (tertiary/aromatic N) is 1. The Morgan fingerprint density at radius 2 is 2.00 bits per heavy atom. The van der Waals surface area contributed by atoms with Gasteiger partial charge in [0.05, 0.1) is 21.3 Å². The second-order valence-electron chi connectivity index (χ2n) is 4.38. The van der Waals surface area contributed by atoms with E-state index < -0.39 is 21.4 Å². The Morgan fingerprint density at radius 3 is 2.59 bits per heavy atom. The zero-order chi connectivity index (χ0) is 16.3. The molecule has 7 nitrogen and oxygen atoms in total. The van der Waals surface area contributed by atoms with E-state index in [9.17, 15) is 13.2 Å². The Bertz CT molecular complexity index is 660. The highest BCUT2D eigenvalue weighted by molar-refractivity contribution is 8.02. The van der Waals surface area contributed by atoms with Crippen LogP contribution < -0.4 is 9.47 Å². The molecule has 0 amide bonds. The summed E-state index contributed by atoms with van der Waals surface area (Å²) in [4.78, 5) is 11.7. The average Bonchev–Trinajstić information content (AvgIpc) is 3.03. The van der Waals surface area contributed by atoms with Gasteiger partial charge in [0, 0.05) is 18.4 Å². The number of hydrogen-bond acceptors (Lipinski definition) is 7. The third-order valence-corrected chi connectivity index (χ3v) is 6.41. The molecule has 1 aliphatic rings. The minimum Gasteiger partial charge on any atom is -0.497 e. The number of carbonyl (C=O) groups is 1. The highest BCUT2D eigenvalue weighted by Gasteiger charge is 2.42. The largest absolute Gasteiger partial charge is 0.497 e. The SMILES string of the molecule is COC(=O)C1SCCN1S(=O)(=O)c1cc(OC)ccc1OC. The molecule has 0 N–H and O–H groups in total. The normalized spacial score (nSPS) is 19.0. The maximum atomic E-state index is 12.9. The molecule has 0 bridgehead atoms. The lowest BCUT2D eigenvalue weighted by Gasteiger charge is -2.22. The van der Waals surface area contributed by atoms with E-state index in [0.29, 0.717) is 11.5 Å². The summed E-state index contributed by atoms with van der Waals surface area (Å²) in [6.45, 7) is 0.229. The van der Waals surface area contributed by atoms with E-state index in [-0.39, 0.29) is 17.2 Å². The Labute approximate surface area is 133 Å². The number of sulfonamides is 1. The molecule has 9 heteroatoms. The second-order valence-corrected chi connectivity index (χ2v) is 7.43. The van der Waals surface area contributed by atoms with E-state index in [4.69, 9.17) is 9.47 Å². The predicted octanol–water partition coefficient (Wildman–Crippen LogP) is 0.940. The molecule has 0 aromatic heterocycles. The molecular formula is C13H17NO6S2. The number of hydrogen-bond donors (Lipinski definition) is 0. The number of rotatable bonds is 5. The summed E-state index contributed by atoms with van der Waals surface area (Å²) in [6.07, 6.45) is 0. The molecule has 1 fully saturated rings. The maximum Gasteiger partial charge on any atom is 0.334 e. The lowest BCUT2D eigenvalue weighted by Crippen LogP contribution is -2.40. The molecule has 22 heavy (non-hydrogen) atoms. The van der Waals surface area contributed by atoms with Crippen LogP contribution in [0.15, 0.2) is 23.1 Å². The molecule has 1 aliphatic heterocycles. The van der Waals surface area contributed by atoms with Crippen molar-refractivity contribution in [3.05, 3.63) is 18.2 Å². The quantitative estimate of drug-likeness (QED) is 0.733. The third kappa shape index (κ3) is 3.01.